The van der Waals surface area contributed by atoms with Crippen molar-refractivity contribution < 1.29 is 14.2 Å². The summed E-state index contributed by atoms with van der Waals surface area (Å²) in [5.41, 5.74) is -1.86. The van der Waals surface area contributed by atoms with E-state index in [1.54, 1.807) is 0 Å². The molecule has 0 aromatic carbocycles. The highest BCUT2D eigenvalue weighted by Gasteiger charge is 2.32. The molecule has 0 saturated carbocycles. The lowest BCUT2D eigenvalue weighted by atomic mass is 10.2. The Kier molecular flexibility index (Phi) is 2.64. The Balaban J connectivity index is 2.39. The summed E-state index contributed by atoms with van der Waals surface area (Å²) in [6.45, 7) is 3.51. The molecule has 1 aliphatic heterocycles. The number of hydrogen-bond acceptors (Lipinski definition) is 4. The second-order valence-corrected chi connectivity index (χ2v) is 3.58. The first-order valence-electron chi connectivity index (χ1n) is 4.66. The molecule has 16 heavy (non-hydrogen) atoms. The van der Waals surface area contributed by atoms with Crippen molar-refractivity contribution in [3.63, 3.8) is 0 Å². The normalized spacial score (nSPS) is 29.6. The van der Waals surface area contributed by atoms with Gasteiger partial charge in [-0.05, 0) is 6.92 Å². The largest absolute Gasteiger partial charge is 0.390 e. The van der Waals surface area contributed by atoms with Gasteiger partial charge in [0.2, 0.25) is 5.82 Å². The van der Waals surface area contributed by atoms with E-state index in [1.165, 1.54) is 0 Å². The quantitative estimate of drug-likeness (QED) is 0.657. The predicted molar refractivity (Wildman–Crippen MR) is 51.2 cm³/mol. The highest BCUT2D eigenvalue weighted by molar-refractivity contribution is 4.91. The molecular weight excluding hydrogens is 219 g/mol. The third-order valence-electron chi connectivity index (χ3n) is 2.44. The van der Waals surface area contributed by atoms with E-state index < -0.39 is 35.5 Å². The Labute approximate surface area is 89.3 Å². The van der Waals surface area contributed by atoms with Crippen molar-refractivity contribution in [1.29, 1.82) is 0 Å². The molecule has 1 saturated heterocycles. The first kappa shape index (κ1) is 11.0. The van der Waals surface area contributed by atoms with Crippen LogP contribution in [0.15, 0.2) is 15.8 Å². The Hall–Kier alpha value is -1.47. The zero-order valence-electron chi connectivity index (χ0n) is 8.22. The average molecular weight is 229 g/mol. The van der Waals surface area contributed by atoms with E-state index in [-0.39, 0.29) is 6.42 Å². The summed E-state index contributed by atoms with van der Waals surface area (Å²) >= 11 is 0. The van der Waals surface area contributed by atoms with E-state index in [4.69, 9.17) is 4.74 Å². The van der Waals surface area contributed by atoms with E-state index >= 15 is 0 Å². The predicted octanol–water partition coefficient (Wildman–Crippen LogP) is -0.842. The molecule has 1 fully saturated rings. The van der Waals surface area contributed by atoms with Gasteiger partial charge < -0.3 is 9.84 Å². The molecule has 2 N–H and O–H groups in total. The Morgan fingerprint density at radius 3 is 2.88 bits per heavy atom. The van der Waals surface area contributed by atoms with E-state index in [0.29, 0.717) is 0 Å². The van der Waals surface area contributed by atoms with Gasteiger partial charge in [-0.2, -0.15) is 4.39 Å². The van der Waals surface area contributed by atoms with Gasteiger partial charge in [0.1, 0.15) is 6.23 Å². The first-order valence-corrected chi connectivity index (χ1v) is 4.66. The Morgan fingerprint density at radius 2 is 2.31 bits per heavy atom. The molecular formula is C9H10FN2O4. The van der Waals surface area contributed by atoms with Gasteiger partial charge >= 0.3 is 5.69 Å². The lowest BCUT2D eigenvalue weighted by Crippen LogP contribution is -2.33. The van der Waals surface area contributed by atoms with Gasteiger partial charge in [0.25, 0.3) is 5.56 Å². The van der Waals surface area contributed by atoms with E-state index in [1.807, 2.05) is 4.98 Å². The molecule has 0 bridgehead atoms. The fourth-order valence-electron chi connectivity index (χ4n) is 1.56. The van der Waals surface area contributed by atoms with Crippen LogP contribution in [0, 0.1) is 12.7 Å². The number of nitrogens with zero attached hydrogens (tertiary/aromatic N) is 1. The molecule has 87 valence electrons. The number of halogens is 1. The van der Waals surface area contributed by atoms with Gasteiger partial charge in [-0.3, -0.25) is 14.3 Å². The Morgan fingerprint density at radius 1 is 1.62 bits per heavy atom. The SMILES string of the molecule is [CH2][C@H]1O[C@@H](n2cc(F)c(=O)[nH]c2=O)C[C@@H]1O. The minimum absolute atomic E-state index is 0.125. The van der Waals surface area contributed by atoms with Gasteiger partial charge in [-0.1, -0.05) is 0 Å². The third kappa shape index (κ3) is 1.79. The minimum Gasteiger partial charge on any atom is -0.390 e. The van der Waals surface area contributed by atoms with Gasteiger partial charge in [-0.25, -0.2) is 4.79 Å². The lowest BCUT2D eigenvalue weighted by molar-refractivity contribution is 0.00283. The molecule has 2 rings (SSSR count). The first-order chi connectivity index (χ1) is 7.49. The van der Waals surface area contributed by atoms with Crippen molar-refractivity contribution in [3.8, 4) is 0 Å². The summed E-state index contributed by atoms with van der Waals surface area (Å²) in [5, 5.41) is 9.38. The second kappa shape index (κ2) is 3.84. The Bertz CT molecular complexity index is 499. The summed E-state index contributed by atoms with van der Waals surface area (Å²) in [7, 11) is 0. The van der Waals surface area contributed by atoms with Crippen LogP contribution in [0.5, 0.6) is 0 Å². The number of H-pyrrole nitrogens is 1. The second-order valence-electron chi connectivity index (χ2n) is 3.58. The lowest BCUT2D eigenvalue weighted by Gasteiger charge is -2.12. The van der Waals surface area contributed by atoms with E-state index in [2.05, 4.69) is 6.92 Å². The van der Waals surface area contributed by atoms with Crippen LogP contribution in [0.2, 0.25) is 0 Å². The van der Waals surface area contributed by atoms with Crippen LogP contribution < -0.4 is 11.2 Å². The molecule has 1 aromatic rings. The molecule has 3 atom stereocenters. The van der Waals surface area contributed by atoms with Crippen molar-refractivity contribution in [2.24, 2.45) is 0 Å². The number of aliphatic hydroxyl groups excluding tert-OH is 1. The van der Waals surface area contributed by atoms with Crippen molar-refractivity contribution in [2.75, 3.05) is 0 Å². The van der Waals surface area contributed by atoms with Gasteiger partial charge in [0.15, 0.2) is 0 Å². The molecule has 1 aliphatic rings. The average Bonchev–Trinajstić information content (AvgIpc) is 2.53. The molecule has 0 spiro atoms. The summed E-state index contributed by atoms with van der Waals surface area (Å²) in [6, 6.07) is 0. The number of hydrogen-bond donors (Lipinski definition) is 2. The van der Waals surface area contributed by atoms with Crippen LogP contribution in [0.4, 0.5) is 4.39 Å². The molecule has 6 nitrogen and oxygen atoms in total. The molecule has 1 radical (unpaired) electrons. The highest BCUT2D eigenvalue weighted by atomic mass is 19.1. The van der Waals surface area contributed by atoms with Crippen molar-refractivity contribution in [3.05, 3.63) is 39.8 Å². The molecule has 1 aromatic heterocycles. The number of ether oxygens (including phenoxy) is 1. The monoisotopic (exact) mass is 229 g/mol. The van der Waals surface area contributed by atoms with Crippen molar-refractivity contribution >= 4 is 0 Å². The molecule has 0 amide bonds. The molecule has 0 unspecified atom stereocenters. The number of nitrogens with one attached hydrogen (secondary N) is 1. The van der Waals surface area contributed by atoms with Crippen LogP contribution >= 0.6 is 0 Å². The van der Waals surface area contributed by atoms with Crippen LogP contribution in [-0.2, 0) is 4.74 Å². The van der Waals surface area contributed by atoms with Gasteiger partial charge in [0, 0.05) is 6.42 Å². The number of aliphatic hydroxyl groups is 1. The highest BCUT2D eigenvalue weighted by Crippen LogP contribution is 2.26. The van der Waals surface area contributed by atoms with Crippen LogP contribution in [0.3, 0.4) is 0 Å². The summed E-state index contributed by atoms with van der Waals surface area (Å²) in [5.74, 6) is -1.08. The summed E-state index contributed by atoms with van der Waals surface area (Å²) in [4.78, 5) is 23.9. The maximum Gasteiger partial charge on any atom is 0.330 e. The number of aromatic amines is 1. The maximum atomic E-state index is 13.0. The molecule has 2 heterocycles. The van der Waals surface area contributed by atoms with Crippen LogP contribution in [0.25, 0.3) is 0 Å². The zero-order chi connectivity index (χ0) is 11.9. The van der Waals surface area contributed by atoms with E-state index in [0.717, 1.165) is 10.8 Å². The van der Waals surface area contributed by atoms with Gasteiger partial charge in [0.05, 0.1) is 18.4 Å². The van der Waals surface area contributed by atoms with E-state index in [9.17, 15) is 19.1 Å². The third-order valence-corrected chi connectivity index (χ3v) is 2.44. The van der Waals surface area contributed by atoms with Gasteiger partial charge in [-0.15, -0.1) is 0 Å². The fourth-order valence-corrected chi connectivity index (χ4v) is 1.56. The summed E-state index contributed by atoms with van der Waals surface area (Å²) in [6.07, 6.45) is -1.41. The topological polar surface area (TPSA) is 84.3 Å². The van der Waals surface area contributed by atoms with Crippen LogP contribution in [0.1, 0.15) is 12.6 Å². The van der Waals surface area contributed by atoms with Crippen molar-refractivity contribution in [2.45, 2.75) is 24.9 Å². The molecule has 0 aliphatic carbocycles. The molecule has 7 heteroatoms. The fraction of sp³-hybridized carbons (Fsp3) is 0.444. The standard InChI is InChI=1S/C9H10FN2O4/c1-4-6(13)2-7(16-4)12-3-5(10)8(14)11-9(12)15/h3-4,6-7,13H,1-2H2,(H,11,14,15)/t4-,6+,7-/m1/s1. The smallest absolute Gasteiger partial charge is 0.330 e. The number of rotatable bonds is 1. The number of aromatic nitrogens is 2. The summed E-state index contributed by atoms with van der Waals surface area (Å²) < 4.78 is 19.0. The maximum absolute atomic E-state index is 13.0. The zero-order valence-corrected chi connectivity index (χ0v) is 8.22. The van der Waals surface area contributed by atoms with Crippen LogP contribution in [-0.4, -0.2) is 26.9 Å². The minimum atomic E-state index is -1.08. The van der Waals surface area contributed by atoms with Crippen molar-refractivity contribution in [1.82, 2.24) is 9.55 Å².